The molecule has 0 saturated heterocycles. The molecule has 0 radical (unpaired) electrons. The fourth-order valence-corrected chi connectivity index (χ4v) is 4.01. The number of carbonyl (C=O) groups is 2. The van der Waals surface area contributed by atoms with Crippen LogP contribution in [0.4, 0.5) is 11.4 Å². The zero-order chi connectivity index (χ0) is 25.4. The molecule has 0 unspecified atom stereocenters. The minimum Gasteiger partial charge on any atom is -0.423 e. The van der Waals surface area contributed by atoms with Crippen molar-refractivity contribution in [2.24, 2.45) is 0 Å². The maximum absolute atomic E-state index is 12.9. The Kier molecular flexibility index (Phi) is 5.69. The third-order valence-corrected chi connectivity index (χ3v) is 5.81. The van der Waals surface area contributed by atoms with Crippen LogP contribution in [0.5, 0.6) is 0 Å². The number of benzene rings is 3. The molecule has 0 bridgehead atoms. The molecule has 3 aromatic carbocycles. The van der Waals surface area contributed by atoms with Gasteiger partial charge in [0, 0.05) is 57.5 Å². The van der Waals surface area contributed by atoms with Crippen LogP contribution in [0.1, 0.15) is 31.8 Å². The summed E-state index contributed by atoms with van der Waals surface area (Å²) in [7, 11) is 0. The summed E-state index contributed by atoms with van der Waals surface area (Å²) in [5.74, 6) is -0.857. The van der Waals surface area contributed by atoms with Gasteiger partial charge in [0.15, 0.2) is 0 Å². The van der Waals surface area contributed by atoms with Gasteiger partial charge in [0.25, 0.3) is 11.8 Å². The van der Waals surface area contributed by atoms with E-state index in [2.05, 4.69) is 10.6 Å². The van der Waals surface area contributed by atoms with Gasteiger partial charge in [0.1, 0.15) is 11.2 Å². The summed E-state index contributed by atoms with van der Waals surface area (Å²) >= 11 is 0. The average Bonchev–Trinajstić information content (AvgIpc) is 2.83. The van der Waals surface area contributed by atoms with Crippen molar-refractivity contribution in [2.75, 3.05) is 10.6 Å². The van der Waals surface area contributed by atoms with Gasteiger partial charge in [0.05, 0.1) is 0 Å². The molecule has 178 valence electrons. The minimum atomic E-state index is -0.467. The second kappa shape index (κ2) is 8.99. The summed E-state index contributed by atoms with van der Waals surface area (Å²) < 4.78 is 10.5. The number of aryl methyl sites for hydroxylation is 2. The maximum atomic E-state index is 12.9. The van der Waals surface area contributed by atoms with Gasteiger partial charge in [-0.05, 0) is 67.4 Å². The highest BCUT2D eigenvalue weighted by molar-refractivity contribution is 6.09. The van der Waals surface area contributed by atoms with Crippen molar-refractivity contribution in [3.05, 3.63) is 116 Å². The van der Waals surface area contributed by atoms with Crippen molar-refractivity contribution < 1.29 is 18.4 Å². The van der Waals surface area contributed by atoms with Gasteiger partial charge in [-0.2, -0.15) is 0 Å². The summed E-state index contributed by atoms with van der Waals surface area (Å²) in [6, 6.07) is 19.2. The number of fused-ring (bicyclic) bond motifs is 2. The highest BCUT2D eigenvalue weighted by Gasteiger charge is 2.13. The molecule has 36 heavy (non-hydrogen) atoms. The molecule has 2 aromatic heterocycles. The van der Waals surface area contributed by atoms with Crippen LogP contribution in [0.25, 0.3) is 21.9 Å². The number of rotatable bonds is 4. The highest BCUT2D eigenvalue weighted by Crippen LogP contribution is 2.23. The zero-order valence-electron chi connectivity index (χ0n) is 19.4. The first-order valence-electron chi connectivity index (χ1n) is 11.1. The zero-order valence-corrected chi connectivity index (χ0v) is 19.4. The smallest absolute Gasteiger partial charge is 0.336 e. The Morgan fingerprint density at radius 2 is 1.06 bits per heavy atom. The van der Waals surface area contributed by atoms with E-state index in [1.807, 2.05) is 13.8 Å². The van der Waals surface area contributed by atoms with Crippen molar-refractivity contribution in [3.8, 4) is 0 Å². The Labute approximate surface area is 204 Å². The lowest BCUT2D eigenvalue weighted by molar-refractivity contribution is 0.102. The lowest BCUT2D eigenvalue weighted by Crippen LogP contribution is -2.15. The van der Waals surface area contributed by atoms with Crippen molar-refractivity contribution in [3.63, 3.8) is 0 Å². The number of hydrogen-bond acceptors (Lipinski definition) is 6. The summed E-state index contributed by atoms with van der Waals surface area (Å²) in [5, 5.41) is 7.07. The van der Waals surface area contributed by atoms with E-state index in [-0.39, 0.29) is 11.1 Å². The monoisotopic (exact) mass is 480 g/mol. The van der Waals surface area contributed by atoms with Crippen molar-refractivity contribution in [1.29, 1.82) is 0 Å². The van der Waals surface area contributed by atoms with E-state index in [1.54, 1.807) is 54.6 Å². The molecule has 8 nitrogen and oxygen atoms in total. The number of anilines is 2. The molecule has 2 amide bonds. The van der Waals surface area contributed by atoms with Crippen LogP contribution < -0.4 is 21.9 Å². The van der Waals surface area contributed by atoms with Gasteiger partial charge in [0.2, 0.25) is 0 Å². The predicted molar refractivity (Wildman–Crippen MR) is 137 cm³/mol. The van der Waals surface area contributed by atoms with Crippen molar-refractivity contribution in [2.45, 2.75) is 13.8 Å². The third-order valence-electron chi connectivity index (χ3n) is 5.81. The largest absolute Gasteiger partial charge is 0.423 e. The van der Waals surface area contributed by atoms with Gasteiger partial charge < -0.3 is 19.5 Å². The first-order chi connectivity index (χ1) is 17.3. The maximum Gasteiger partial charge on any atom is 0.336 e. The van der Waals surface area contributed by atoms with Crippen LogP contribution in [0.2, 0.25) is 0 Å². The molecular weight excluding hydrogens is 460 g/mol. The lowest BCUT2D eigenvalue weighted by Gasteiger charge is -2.09. The van der Waals surface area contributed by atoms with E-state index in [0.29, 0.717) is 22.5 Å². The Morgan fingerprint density at radius 1 is 0.611 bits per heavy atom. The molecule has 2 N–H and O–H groups in total. The van der Waals surface area contributed by atoms with E-state index in [1.165, 1.54) is 18.2 Å². The summed E-state index contributed by atoms with van der Waals surface area (Å²) in [4.78, 5) is 49.1. The molecule has 0 fully saturated rings. The standard InChI is InChI=1S/C28H20N2O6/c1-15-10-25(31)35-23-13-19(6-8-21(15)23)29-27(33)17-4-3-5-18(12-17)28(34)30-20-7-9-22-16(2)11-26(32)36-24(22)14-20/h3-14H,1-2H3,(H,29,33)(H,30,34). The van der Waals surface area contributed by atoms with E-state index in [9.17, 15) is 19.2 Å². The van der Waals surface area contributed by atoms with Crippen LogP contribution in [0.3, 0.4) is 0 Å². The molecule has 5 rings (SSSR count). The van der Waals surface area contributed by atoms with E-state index < -0.39 is 23.1 Å². The van der Waals surface area contributed by atoms with Crippen LogP contribution in [-0.2, 0) is 0 Å². The number of nitrogens with one attached hydrogen (secondary N) is 2. The van der Waals surface area contributed by atoms with E-state index in [0.717, 1.165) is 21.9 Å². The molecule has 0 spiro atoms. The Bertz CT molecular complexity index is 1670. The molecule has 0 aliphatic rings. The van der Waals surface area contributed by atoms with E-state index in [4.69, 9.17) is 8.83 Å². The van der Waals surface area contributed by atoms with Gasteiger partial charge in [-0.25, -0.2) is 9.59 Å². The molecule has 0 atom stereocenters. The lowest BCUT2D eigenvalue weighted by atomic mass is 10.1. The number of carbonyl (C=O) groups excluding carboxylic acids is 2. The van der Waals surface area contributed by atoms with Crippen LogP contribution in [-0.4, -0.2) is 11.8 Å². The Hall–Kier alpha value is -4.98. The van der Waals surface area contributed by atoms with Gasteiger partial charge >= 0.3 is 11.3 Å². The Morgan fingerprint density at radius 3 is 1.50 bits per heavy atom. The fraction of sp³-hybridized carbons (Fsp3) is 0.0714. The second-order valence-corrected chi connectivity index (χ2v) is 8.41. The summed E-state index contributed by atoms with van der Waals surface area (Å²) in [6.07, 6.45) is 0. The first-order valence-corrected chi connectivity index (χ1v) is 11.1. The quantitative estimate of drug-likeness (QED) is 0.349. The molecule has 0 saturated carbocycles. The predicted octanol–water partition coefficient (Wildman–Crippen LogP) is 5.02. The van der Waals surface area contributed by atoms with Crippen LogP contribution in [0.15, 0.2) is 91.2 Å². The molecule has 2 heterocycles. The number of amides is 2. The molecular formula is C28H20N2O6. The Balaban J connectivity index is 1.35. The average molecular weight is 480 g/mol. The molecule has 8 heteroatoms. The fourth-order valence-electron chi connectivity index (χ4n) is 4.01. The molecule has 0 aliphatic carbocycles. The molecule has 5 aromatic rings. The highest BCUT2D eigenvalue weighted by atomic mass is 16.4. The second-order valence-electron chi connectivity index (χ2n) is 8.41. The van der Waals surface area contributed by atoms with Crippen molar-refractivity contribution >= 4 is 45.1 Å². The van der Waals surface area contributed by atoms with Gasteiger partial charge in [-0.15, -0.1) is 0 Å². The molecule has 0 aliphatic heterocycles. The minimum absolute atomic E-state index is 0.272. The third kappa shape index (κ3) is 4.52. The van der Waals surface area contributed by atoms with Gasteiger partial charge in [-0.1, -0.05) is 6.07 Å². The summed E-state index contributed by atoms with van der Waals surface area (Å²) in [5.41, 5.74) is 2.80. The SMILES string of the molecule is Cc1cc(=O)oc2cc(NC(=O)c3cccc(C(=O)Nc4ccc5c(C)cc(=O)oc5c4)c3)ccc12. The van der Waals surface area contributed by atoms with Gasteiger partial charge in [-0.3, -0.25) is 9.59 Å². The van der Waals surface area contributed by atoms with Crippen molar-refractivity contribution in [1.82, 2.24) is 0 Å². The summed E-state index contributed by atoms with van der Waals surface area (Å²) in [6.45, 7) is 3.62. The van der Waals surface area contributed by atoms with E-state index >= 15 is 0 Å². The number of hydrogen-bond donors (Lipinski definition) is 2. The van der Waals surface area contributed by atoms with Crippen LogP contribution >= 0.6 is 0 Å². The first kappa shape index (κ1) is 22.8. The topological polar surface area (TPSA) is 119 Å². The normalized spacial score (nSPS) is 10.9. The van der Waals surface area contributed by atoms with Crippen LogP contribution in [0, 0.1) is 13.8 Å².